The molecule has 12 nitrogen and oxygen atoms in total. The van der Waals surface area contributed by atoms with Crippen LogP contribution in [0.3, 0.4) is 0 Å². The first-order valence-electron chi connectivity index (χ1n) is 14.9. The van der Waals surface area contributed by atoms with E-state index in [-0.39, 0.29) is 31.3 Å². The predicted molar refractivity (Wildman–Crippen MR) is 166 cm³/mol. The highest BCUT2D eigenvalue weighted by Gasteiger charge is 2.62. The van der Waals surface area contributed by atoms with Gasteiger partial charge in [0, 0.05) is 42.9 Å². The molecule has 2 aliphatic heterocycles. The highest BCUT2D eigenvalue weighted by Crippen LogP contribution is 2.46. The zero-order chi connectivity index (χ0) is 31.2. The van der Waals surface area contributed by atoms with Crippen LogP contribution in [-0.2, 0) is 19.6 Å². The molecule has 1 aromatic carbocycles. The number of amides is 4. The molecular weight excluding hydrogens is 654 g/mol. The predicted octanol–water partition coefficient (Wildman–Crippen LogP) is 3.10. The molecule has 0 spiro atoms. The minimum atomic E-state index is -3.81. The van der Waals surface area contributed by atoms with Gasteiger partial charge < -0.3 is 24.6 Å². The number of hydrogen-bond donors (Lipinski definition) is 2. The Balaban J connectivity index is 1.27. The van der Waals surface area contributed by atoms with E-state index in [1.807, 2.05) is 24.3 Å². The number of hydrogen-bond acceptors (Lipinski definition) is 8. The van der Waals surface area contributed by atoms with E-state index in [1.165, 1.54) is 4.90 Å². The molecule has 1 aromatic heterocycles. The van der Waals surface area contributed by atoms with E-state index in [0.29, 0.717) is 31.0 Å². The van der Waals surface area contributed by atoms with Crippen LogP contribution in [0.1, 0.15) is 44.9 Å². The number of methoxy groups -OCH3 is 1. The van der Waals surface area contributed by atoms with Crippen LogP contribution in [-0.4, -0.2) is 91.2 Å². The first-order valence-corrected chi connectivity index (χ1v) is 17.2. The third kappa shape index (κ3) is 5.85. The second-order valence-corrected chi connectivity index (χ2v) is 14.8. The van der Waals surface area contributed by atoms with Crippen molar-refractivity contribution in [2.45, 2.75) is 67.9 Å². The third-order valence-corrected chi connectivity index (χ3v) is 11.5. The van der Waals surface area contributed by atoms with Crippen molar-refractivity contribution in [3.8, 4) is 11.6 Å². The normalized spacial score (nSPS) is 27.7. The Bertz CT molecular complexity index is 1630. The lowest BCUT2D eigenvalue weighted by Crippen LogP contribution is -2.57. The highest BCUT2D eigenvalue weighted by atomic mass is 79.9. The number of aromatic nitrogens is 1. The second kappa shape index (κ2) is 11.8. The molecule has 4 atom stereocenters. The maximum absolute atomic E-state index is 13.9. The summed E-state index contributed by atoms with van der Waals surface area (Å²) in [5, 5.41) is 3.87. The Labute approximate surface area is 264 Å². The third-order valence-electron chi connectivity index (χ3n) is 8.89. The molecule has 0 unspecified atom stereocenters. The number of allylic oxidation sites excluding steroid dienone is 1. The summed E-state index contributed by atoms with van der Waals surface area (Å²) in [6.45, 7) is 0.661. The van der Waals surface area contributed by atoms with Crippen LogP contribution in [0.2, 0.25) is 0 Å². The monoisotopic (exact) mass is 689 g/mol. The molecule has 1 saturated heterocycles. The number of nitrogens with one attached hydrogen (secondary N) is 2. The van der Waals surface area contributed by atoms with Gasteiger partial charge in [-0.1, -0.05) is 12.2 Å². The van der Waals surface area contributed by atoms with E-state index in [9.17, 15) is 22.8 Å². The summed E-state index contributed by atoms with van der Waals surface area (Å²) >= 11 is 3.58. The maximum Gasteiger partial charge on any atom is 0.320 e. The van der Waals surface area contributed by atoms with Crippen LogP contribution in [0.5, 0.6) is 11.6 Å². The number of rotatable bonds is 6. The Hall–Kier alpha value is -3.39. The molecule has 2 saturated carbocycles. The Kier molecular flexibility index (Phi) is 8.24. The molecular formula is C30H36BrN5O7S. The van der Waals surface area contributed by atoms with Gasteiger partial charge in [0.15, 0.2) is 0 Å². The van der Waals surface area contributed by atoms with Crippen molar-refractivity contribution in [2.75, 3.05) is 27.2 Å². The number of sulfonamides is 1. The Morgan fingerprint density at radius 2 is 1.98 bits per heavy atom. The lowest BCUT2D eigenvalue weighted by atomic mass is 10.1. The number of pyridine rings is 1. The van der Waals surface area contributed by atoms with Crippen LogP contribution in [0, 0.1) is 5.92 Å². The van der Waals surface area contributed by atoms with Gasteiger partial charge in [0.25, 0.3) is 5.91 Å². The van der Waals surface area contributed by atoms with Gasteiger partial charge in [-0.2, -0.15) is 0 Å². The molecule has 4 aliphatic rings. The average Bonchev–Trinajstić information content (AvgIpc) is 3.92. The van der Waals surface area contributed by atoms with Crippen molar-refractivity contribution >= 4 is 54.6 Å². The van der Waals surface area contributed by atoms with Crippen molar-refractivity contribution in [3.63, 3.8) is 0 Å². The Morgan fingerprint density at radius 1 is 1.18 bits per heavy atom. The van der Waals surface area contributed by atoms with Crippen molar-refractivity contribution in [2.24, 2.45) is 5.92 Å². The number of benzene rings is 1. The number of fused-ring (bicyclic) bond motifs is 3. The van der Waals surface area contributed by atoms with Crippen molar-refractivity contribution in [1.29, 1.82) is 0 Å². The summed E-state index contributed by atoms with van der Waals surface area (Å²) in [6, 6.07) is 4.24. The summed E-state index contributed by atoms with van der Waals surface area (Å²) in [7, 11) is -0.521. The molecule has 236 valence electrons. The lowest BCUT2D eigenvalue weighted by molar-refractivity contribution is -0.131. The fourth-order valence-electron chi connectivity index (χ4n) is 6.08. The first kappa shape index (κ1) is 30.6. The molecule has 4 amide bonds. The summed E-state index contributed by atoms with van der Waals surface area (Å²) in [6.07, 6.45) is 8.73. The largest absolute Gasteiger partial charge is 0.496 e. The topological polar surface area (TPSA) is 147 Å². The average molecular weight is 691 g/mol. The number of halogens is 1. The van der Waals surface area contributed by atoms with Gasteiger partial charge in [0.1, 0.15) is 23.4 Å². The lowest BCUT2D eigenvalue weighted by Gasteiger charge is -2.30. The molecule has 3 fully saturated rings. The molecule has 2 N–H and O–H groups in total. The van der Waals surface area contributed by atoms with E-state index in [1.54, 1.807) is 31.3 Å². The van der Waals surface area contributed by atoms with E-state index < -0.39 is 44.8 Å². The van der Waals surface area contributed by atoms with Crippen molar-refractivity contribution in [1.82, 2.24) is 24.8 Å². The number of nitrogens with zero attached hydrogens (tertiary/aromatic N) is 3. The smallest absolute Gasteiger partial charge is 0.320 e. The minimum Gasteiger partial charge on any atom is -0.496 e. The van der Waals surface area contributed by atoms with Crippen LogP contribution < -0.4 is 19.5 Å². The zero-order valence-corrected chi connectivity index (χ0v) is 27.0. The van der Waals surface area contributed by atoms with Crippen LogP contribution in [0.25, 0.3) is 10.8 Å². The number of urea groups is 1. The van der Waals surface area contributed by atoms with Gasteiger partial charge in [-0.25, -0.2) is 18.2 Å². The second-order valence-electron chi connectivity index (χ2n) is 12.0. The standard InChI is InChI=1S/C30H36BrN5O7S/c1-35-14-6-4-3-5-7-18-16-30(18,28(38)34-44(40,41)20-8-9-20)33-26(37)23-15-19(17-36(23)29(35)39)43-27-22-10-11-24(42-2)25(31)21(22)12-13-32-27/h5,7,10-13,18-20,23H,3-4,6,8-9,14-17H2,1-2H3,(H,33,37)(H,34,38)/t18-,19-,23+,30-/m1/s1. The van der Waals surface area contributed by atoms with Gasteiger partial charge in [0.05, 0.1) is 23.4 Å². The molecule has 2 aliphatic carbocycles. The highest BCUT2D eigenvalue weighted by molar-refractivity contribution is 9.10. The fourth-order valence-corrected chi connectivity index (χ4v) is 8.08. The minimum absolute atomic E-state index is 0.134. The molecule has 0 radical (unpaired) electrons. The van der Waals surface area contributed by atoms with E-state index >= 15 is 0 Å². The summed E-state index contributed by atoms with van der Waals surface area (Å²) < 4.78 is 40.0. The molecule has 3 heterocycles. The zero-order valence-electron chi connectivity index (χ0n) is 24.6. The van der Waals surface area contributed by atoms with E-state index in [4.69, 9.17) is 9.47 Å². The number of carbonyl (C=O) groups is 3. The van der Waals surface area contributed by atoms with Crippen LogP contribution >= 0.6 is 15.9 Å². The molecule has 14 heteroatoms. The number of ether oxygens (including phenoxy) is 2. The van der Waals surface area contributed by atoms with E-state index in [2.05, 4.69) is 31.0 Å². The summed E-state index contributed by atoms with van der Waals surface area (Å²) in [5.74, 6) is -0.590. The fraction of sp³-hybridized carbons (Fsp3) is 0.533. The molecule has 6 rings (SSSR count). The van der Waals surface area contributed by atoms with Gasteiger partial charge in [-0.05, 0) is 72.7 Å². The molecule has 0 bridgehead atoms. The first-order chi connectivity index (χ1) is 21.0. The SMILES string of the molecule is COc1ccc2c(O[C@@H]3C[C@H]4C(=O)N[C@]5(C(=O)NS(=O)(=O)C6CC6)C[C@H]5C=CCCCCN(C)C(=O)N4C3)nccc2c1Br. The molecule has 44 heavy (non-hydrogen) atoms. The summed E-state index contributed by atoms with van der Waals surface area (Å²) in [5.41, 5.74) is -1.40. The van der Waals surface area contributed by atoms with Crippen LogP contribution in [0.4, 0.5) is 4.79 Å². The quantitative estimate of drug-likeness (QED) is 0.440. The summed E-state index contributed by atoms with van der Waals surface area (Å²) in [4.78, 5) is 48.5. The van der Waals surface area contributed by atoms with E-state index in [0.717, 1.165) is 34.5 Å². The number of carbonyl (C=O) groups excluding carboxylic acids is 3. The van der Waals surface area contributed by atoms with Crippen molar-refractivity contribution < 1.29 is 32.3 Å². The Morgan fingerprint density at radius 3 is 2.73 bits per heavy atom. The maximum atomic E-state index is 13.9. The van der Waals surface area contributed by atoms with Crippen molar-refractivity contribution in [3.05, 3.63) is 41.0 Å². The molecule has 2 aromatic rings. The van der Waals surface area contributed by atoms with Gasteiger partial charge >= 0.3 is 6.03 Å². The van der Waals surface area contributed by atoms with Gasteiger partial charge in [-0.3, -0.25) is 14.3 Å². The van der Waals surface area contributed by atoms with Gasteiger partial charge in [-0.15, -0.1) is 0 Å². The van der Waals surface area contributed by atoms with Gasteiger partial charge in [0.2, 0.25) is 21.8 Å². The van der Waals surface area contributed by atoms with Crippen LogP contribution in [0.15, 0.2) is 41.0 Å².